The topological polar surface area (TPSA) is 63.2 Å². The van der Waals surface area contributed by atoms with Crippen molar-refractivity contribution < 1.29 is 14.4 Å². The molecular formula is C19H18O3P2-2. The van der Waals surface area contributed by atoms with Crippen LogP contribution < -0.4 is 25.7 Å². The predicted molar refractivity (Wildman–Crippen MR) is 98.7 cm³/mol. The van der Waals surface area contributed by atoms with Crippen LogP contribution in [0, 0.1) is 0 Å². The smallest absolute Gasteiger partial charge is 0.0134 e. The van der Waals surface area contributed by atoms with E-state index in [0.29, 0.717) is 6.66 Å². The van der Waals surface area contributed by atoms with E-state index in [4.69, 9.17) is 14.4 Å². The third-order valence-corrected chi connectivity index (χ3v) is 5.49. The van der Waals surface area contributed by atoms with Crippen molar-refractivity contribution in [1.82, 2.24) is 0 Å². The van der Waals surface area contributed by atoms with Gasteiger partial charge in [-0.2, -0.15) is 0 Å². The first kappa shape index (κ1) is 18.6. The maximum Gasteiger partial charge on any atom is -0.0134 e. The van der Waals surface area contributed by atoms with E-state index < -0.39 is 15.5 Å². The van der Waals surface area contributed by atoms with Crippen molar-refractivity contribution in [2.45, 2.75) is 0 Å². The standard InChI is InChI=1S/C18H15P.CH5O3P/c1-4-10-16(11-5-1)19(17-12-6-2-7-13-17)18-14-8-3-9-15-18;1-5(2,3)4/h1-15H;1H3,(H2,2,3,4)/p-2. The van der Waals surface area contributed by atoms with Crippen molar-refractivity contribution in [3.8, 4) is 0 Å². The van der Waals surface area contributed by atoms with Crippen molar-refractivity contribution in [2.75, 3.05) is 6.66 Å². The van der Waals surface area contributed by atoms with E-state index in [0.717, 1.165) is 0 Å². The van der Waals surface area contributed by atoms with E-state index in [2.05, 4.69) is 91.0 Å². The maximum atomic E-state index is 9.10. The highest BCUT2D eigenvalue weighted by molar-refractivity contribution is 7.79. The summed E-state index contributed by atoms with van der Waals surface area (Å²) in [5, 5.41) is 4.19. The second kappa shape index (κ2) is 8.92. The van der Waals surface area contributed by atoms with Gasteiger partial charge in [0.2, 0.25) is 0 Å². The Labute approximate surface area is 143 Å². The van der Waals surface area contributed by atoms with Gasteiger partial charge in [-0.1, -0.05) is 98.6 Å². The van der Waals surface area contributed by atoms with Crippen LogP contribution in [0.3, 0.4) is 0 Å². The van der Waals surface area contributed by atoms with E-state index in [1.165, 1.54) is 15.9 Å². The molecule has 0 bridgehead atoms. The molecule has 124 valence electrons. The van der Waals surface area contributed by atoms with Crippen LogP contribution in [-0.2, 0) is 4.57 Å². The van der Waals surface area contributed by atoms with E-state index >= 15 is 0 Å². The first-order valence-corrected chi connectivity index (χ1v) is 10.7. The van der Waals surface area contributed by atoms with Gasteiger partial charge in [-0.15, -0.1) is 0 Å². The average molecular weight is 356 g/mol. The largest absolute Gasteiger partial charge is 0.811 e. The van der Waals surface area contributed by atoms with Gasteiger partial charge >= 0.3 is 0 Å². The van der Waals surface area contributed by atoms with Crippen molar-refractivity contribution in [3.63, 3.8) is 0 Å². The molecule has 0 saturated heterocycles. The SMILES string of the molecule is CP(=O)([O-])[O-].c1ccc(P(c2ccccc2)c2ccccc2)cc1. The van der Waals surface area contributed by atoms with Gasteiger partial charge in [-0.05, 0) is 30.5 Å². The molecule has 0 aliphatic rings. The molecule has 0 aliphatic heterocycles. The average Bonchev–Trinajstić information content (AvgIpc) is 2.57. The zero-order chi connectivity index (χ0) is 17.4. The first-order chi connectivity index (χ1) is 11.4. The molecule has 0 aliphatic carbocycles. The summed E-state index contributed by atoms with van der Waals surface area (Å²) in [6.07, 6.45) is 0. The van der Waals surface area contributed by atoms with Gasteiger partial charge in [0.1, 0.15) is 0 Å². The summed E-state index contributed by atoms with van der Waals surface area (Å²) in [6.45, 7) is 0.632. The molecule has 0 unspecified atom stereocenters. The first-order valence-electron chi connectivity index (χ1n) is 7.40. The van der Waals surface area contributed by atoms with Crippen molar-refractivity contribution in [1.29, 1.82) is 0 Å². The van der Waals surface area contributed by atoms with Gasteiger partial charge in [0.15, 0.2) is 0 Å². The third kappa shape index (κ3) is 6.39. The fourth-order valence-electron chi connectivity index (χ4n) is 2.18. The summed E-state index contributed by atoms with van der Waals surface area (Å²) in [4.78, 5) is 18.2. The summed E-state index contributed by atoms with van der Waals surface area (Å²) < 4.78 is 9.10. The summed E-state index contributed by atoms with van der Waals surface area (Å²) in [6, 6.07) is 32.3. The normalized spacial score (nSPS) is 10.8. The summed E-state index contributed by atoms with van der Waals surface area (Å²) in [5.74, 6) is 0. The van der Waals surface area contributed by atoms with E-state index in [1.807, 2.05) is 0 Å². The van der Waals surface area contributed by atoms with Crippen molar-refractivity contribution in [3.05, 3.63) is 91.0 Å². The van der Waals surface area contributed by atoms with Gasteiger partial charge in [-0.3, -0.25) is 0 Å². The third-order valence-electron chi connectivity index (χ3n) is 3.04. The second-order valence-electron chi connectivity index (χ2n) is 5.11. The highest BCUT2D eigenvalue weighted by atomic mass is 31.2. The van der Waals surface area contributed by atoms with Gasteiger partial charge in [0.05, 0.1) is 0 Å². The van der Waals surface area contributed by atoms with Crippen LogP contribution in [-0.4, -0.2) is 6.66 Å². The van der Waals surface area contributed by atoms with E-state index in [9.17, 15) is 0 Å². The molecule has 0 radical (unpaired) electrons. The molecule has 3 aromatic carbocycles. The van der Waals surface area contributed by atoms with E-state index in [1.54, 1.807) is 0 Å². The molecule has 0 heterocycles. The molecule has 0 aromatic heterocycles. The Morgan fingerprint density at radius 2 is 0.833 bits per heavy atom. The van der Waals surface area contributed by atoms with Crippen LogP contribution >= 0.6 is 15.5 Å². The van der Waals surface area contributed by atoms with Crippen molar-refractivity contribution in [2.24, 2.45) is 0 Å². The van der Waals surface area contributed by atoms with Gasteiger partial charge < -0.3 is 14.4 Å². The summed E-state index contributed by atoms with van der Waals surface area (Å²) in [7, 11) is -4.58. The molecule has 24 heavy (non-hydrogen) atoms. The monoisotopic (exact) mass is 356 g/mol. The molecule has 3 rings (SSSR count). The molecule has 3 aromatic rings. The fraction of sp³-hybridized carbons (Fsp3) is 0.0526. The molecule has 0 saturated carbocycles. The van der Waals surface area contributed by atoms with Crippen molar-refractivity contribution >= 4 is 31.4 Å². The number of hydrogen-bond donors (Lipinski definition) is 0. The molecule has 5 heteroatoms. The number of benzene rings is 3. The number of hydrogen-bond acceptors (Lipinski definition) is 3. The molecule has 0 atom stereocenters. The molecule has 3 nitrogen and oxygen atoms in total. The Morgan fingerprint density at radius 3 is 1.04 bits per heavy atom. The molecule has 0 spiro atoms. The van der Waals surface area contributed by atoms with Gasteiger partial charge in [-0.25, -0.2) is 0 Å². The zero-order valence-corrected chi connectivity index (χ0v) is 15.1. The van der Waals surface area contributed by atoms with Crippen LogP contribution in [0.25, 0.3) is 0 Å². The van der Waals surface area contributed by atoms with Crippen LogP contribution in [0.4, 0.5) is 0 Å². The Hall–Kier alpha value is -1.76. The minimum absolute atomic E-state index is 0.446. The lowest BCUT2D eigenvalue weighted by atomic mass is 10.4. The molecule has 0 amide bonds. The Morgan fingerprint density at radius 1 is 0.625 bits per heavy atom. The van der Waals surface area contributed by atoms with E-state index in [-0.39, 0.29) is 0 Å². The van der Waals surface area contributed by atoms with Gasteiger partial charge in [0.25, 0.3) is 0 Å². The van der Waals surface area contributed by atoms with Crippen LogP contribution in [0.1, 0.15) is 0 Å². The minimum atomic E-state index is -4.14. The maximum absolute atomic E-state index is 9.10. The Balaban J connectivity index is 0.000000368. The lowest BCUT2D eigenvalue weighted by molar-refractivity contribution is -0.311. The van der Waals surface area contributed by atoms with Crippen LogP contribution in [0.5, 0.6) is 0 Å². The minimum Gasteiger partial charge on any atom is -0.811 e. The summed E-state index contributed by atoms with van der Waals surface area (Å²) >= 11 is 0. The summed E-state index contributed by atoms with van der Waals surface area (Å²) in [5.41, 5.74) is 0. The van der Waals surface area contributed by atoms with Crippen LogP contribution in [0.15, 0.2) is 91.0 Å². The molecule has 0 fully saturated rings. The second-order valence-corrected chi connectivity index (χ2v) is 8.88. The zero-order valence-electron chi connectivity index (χ0n) is 13.3. The Bertz CT molecular complexity index is 669. The lowest BCUT2D eigenvalue weighted by Gasteiger charge is -2.22. The highest BCUT2D eigenvalue weighted by Gasteiger charge is 2.14. The molecular weight excluding hydrogens is 338 g/mol. The highest BCUT2D eigenvalue weighted by Crippen LogP contribution is 2.32. The Kier molecular flexibility index (Phi) is 6.90. The predicted octanol–water partition coefficient (Wildman–Crippen LogP) is 1.97. The van der Waals surface area contributed by atoms with Gasteiger partial charge in [0, 0.05) is 0 Å². The fourth-order valence-corrected chi connectivity index (χ4v) is 4.48. The lowest BCUT2D eigenvalue weighted by Crippen LogP contribution is -2.20. The molecule has 0 N–H and O–H groups in total. The van der Waals surface area contributed by atoms with Crippen LogP contribution in [0.2, 0.25) is 0 Å². The number of rotatable bonds is 3. The quantitative estimate of drug-likeness (QED) is 0.674.